The van der Waals surface area contributed by atoms with Crippen LogP contribution in [0.5, 0.6) is 0 Å². The predicted octanol–water partition coefficient (Wildman–Crippen LogP) is 3.94. The summed E-state index contributed by atoms with van der Waals surface area (Å²) in [4.78, 5) is 29.1. The highest BCUT2D eigenvalue weighted by atomic mass is 32.2. The average molecular weight is 498 g/mol. The van der Waals surface area contributed by atoms with Crippen LogP contribution >= 0.6 is 0 Å². The van der Waals surface area contributed by atoms with Gasteiger partial charge in [-0.15, -0.1) is 0 Å². The fraction of sp³-hybridized carbons (Fsp3) is 0.481. The molecule has 2 aliphatic rings. The van der Waals surface area contributed by atoms with Crippen LogP contribution in [0.15, 0.2) is 53.4 Å². The third kappa shape index (κ3) is 5.14. The molecule has 0 aromatic heterocycles. The van der Waals surface area contributed by atoms with Gasteiger partial charge in [-0.1, -0.05) is 61.6 Å². The molecule has 1 heterocycles. The molecule has 2 aromatic carbocycles. The van der Waals surface area contributed by atoms with Crippen LogP contribution in [0, 0.1) is 13.8 Å². The maximum atomic E-state index is 13.9. The Labute approximate surface area is 208 Å². The van der Waals surface area contributed by atoms with Crippen LogP contribution < -0.4 is 10.2 Å². The number of benzene rings is 2. The molecule has 1 saturated carbocycles. The first-order valence-electron chi connectivity index (χ1n) is 12.4. The van der Waals surface area contributed by atoms with Crippen molar-refractivity contribution >= 4 is 27.5 Å². The highest BCUT2D eigenvalue weighted by molar-refractivity contribution is 7.89. The summed E-state index contributed by atoms with van der Waals surface area (Å²) in [6.45, 7) is 5.01. The molecular formula is C27H35N3O4S. The molecular weight excluding hydrogens is 462 g/mol. The molecule has 0 radical (unpaired) electrons. The lowest BCUT2D eigenvalue weighted by Gasteiger charge is -2.47. The molecule has 0 spiro atoms. The van der Waals surface area contributed by atoms with E-state index in [1.54, 1.807) is 31.2 Å². The van der Waals surface area contributed by atoms with Crippen molar-refractivity contribution in [3.63, 3.8) is 0 Å². The Morgan fingerprint density at radius 2 is 1.60 bits per heavy atom. The Balaban J connectivity index is 1.72. The van der Waals surface area contributed by atoms with E-state index in [0.29, 0.717) is 5.69 Å². The highest BCUT2D eigenvalue weighted by Crippen LogP contribution is 2.34. The van der Waals surface area contributed by atoms with Gasteiger partial charge in [-0.2, -0.15) is 4.31 Å². The minimum atomic E-state index is -3.97. The summed E-state index contributed by atoms with van der Waals surface area (Å²) in [5, 5.41) is 3.17. The first-order valence-corrected chi connectivity index (χ1v) is 13.8. The zero-order valence-electron chi connectivity index (χ0n) is 20.8. The van der Waals surface area contributed by atoms with Gasteiger partial charge >= 0.3 is 0 Å². The quantitative estimate of drug-likeness (QED) is 0.634. The molecule has 35 heavy (non-hydrogen) atoms. The van der Waals surface area contributed by atoms with Gasteiger partial charge in [0.1, 0.15) is 5.54 Å². The number of carbonyl (C=O) groups excluding carboxylic acids is 2. The third-order valence-corrected chi connectivity index (χ3v) is 9.04. The van der Waals surface area contributed by atoms with Crippen molar-refractivity contribution in [3.05, 3.63) is 59.7 Å². The average Bonchev–Trinajstić information content (AvgIpc) is 3.09. The van der Waals surface area contributed by atoms with Crippen LogP contribution in [0.3, 0.4) is 0 Å². The summed E-state index contributed by atoms with van der Waals surface area (Å²) in [5.74, 6) is -0.732. The van der Waals surface area contributed by atoms with Gasteiger partial charge in [-0.3, -0.25) is 14.5 Å². The topological polar surface area (TPSA) is 86.8 Å². The summed E-state index contributed by atoms with van der Waals surface area (Å²) in [6, 6.07) is 14.0. The number of nitrogens with zero attached hydrogens (tertiary/aromatic N) is 2. The Kier molecular flexibility index (Phi) is 7.33. The summed E-state index contributed by atoms with van der Waals surface area (Å²) < 4.78 is 28.2. The molecule has 1 atom stereocenters. The number of anilines is 1. The lowest BCUT2D eigenvalue weighted by atomic mass is 9.92. The number of rotatable bonds is 5. The zero-order chi connectivity index (χ0) is 25.2. The number of hydrogen-bond donors (Lipinski definition) is 1. The number of carbonyl (C=O) groups is 2. The third-order valence-electron chi connectivity index (χ3n) is 7.23. The van der Waals surface area contributed by atoms with Gasteiger partial charge in [0.2, 0.25) is 21.8 Å². The van der Waals surface area contributed by atoms with E-state index in [4.69, 9.17) is 0 Å². The van der Waals surface area contributed by atoms with Crippen molar-refractivity contribution < 1.29 is 18.0 Å². The van der Waals surface area contributed by atoms with E-state index < -0.39 is 21.5 Å². The summed E-state index contributed by atoms with van der Waals surface area (Å²) >= 11 is 0. The van der Waals surface area contributed by atoms with Crippen LogP contribution in [0.4, 0.5) is 5.69 Å². The van der Waals surface area contributed by atoms with Crippen molar-refractivity contribution in [2.45, 2.75) is 75.8 Å². The molecule has 4 rings (SSSR count). The molecule has 2 aromatic rings. The van der Waals surface area contributed by atoms with Gasteiger partial charge in [0, 0.05) is 18.3 Å². The number of sulfonamides is 1. The van der Waals surface area contributed by atoms with Gasteiger partial charge < -0.3 is 5.32 Å². The standard InChI is InChI=1S/C27H35N3O4S/c1-20-14-16-23(17-15-20)35(33,34)29-18-25(31)30(24-13-9-8-10-21(24)2)27(3,19-29)26(32)28-22-11-6-4-5-7-12-22/h8-10,13-17,22H,4-7,11-12,18-19H2,1-3H3,(H,28,32)/t27-/m0/s1. The predicted molar refractivity (Wildman–Crippen MR) is 137 cm³/mol. The van der Waals surface area contributed by atoms with E-state index in [2.05, 4.69) is 5.32 Å². The maximum Gasteiger partial charge on any atom is 0.247 e. The molecule has 1 saturated heterocycles. The molecule has 1 aliphatic carbocycles. The highest BCUT2D eigenvalue weighted by Gasteiger charge is 2.51. The van der Waals surface area contributed by atoms with E-state index in [-0.39, 0.29) is 29.9 Å². The lowest BCUT2D eigenvalue weighted by molar-refractivity contribution is -0.133. The summed E-state index contributed by atoms with van der Waals surface area (Å²) in [7, 11) is -3.97. The molecule has 1 aliphatic heterocycles. The summed E-state index contributed by atoms with van der Waals surface area (Å²) in [5.41, 5.74) is 1.02. The van der Waals surface area contributed by atoms with Crippen molar-refractivity contribution in [3.8, 4) is 0 Å². The Morgan fingerprint density at radius 1 is 0.971 bits per heavy atom. The van der Waals surface area contributed by atoms with E-state index in [1.165, 1.54) is 4.90 Å². The monoisotopic (exact) mass is 497 g/mol. The Morgan fingerprint density at radius 3 is 2.23 bits per heavy atom. The normalized spacial score (nSPS) is 22.6. The number of amides is 2. The smallest absolute Gasteiger partial charge is 0.247 e. The number of nitrogens with one attached hydrogen (secondary N) is 1. The van der Waals surface area contributed by atoms with Gasteiger partial charge in [0.25, 0.3) is 0 Å². The SMILES string of the molecule is Cc1ccc(S(=O)(=O)N2CC(=O)N(c3ccccc3C)[C@](C)(C(=O)NC3CCCCCC3)C2)cc1. The van der Waals surface area contributed by atoms with Gasteiger partial charge in [0.05, 0.1) is 11.4 Å². The fourth-order valence-corrected chi connectivity index (χ4v) is 6.63. The Bertz CT molecular complexity index is 1190. The molecule has 2 amide bonds. The molecule has 2 fully saturated rings. The van der Waals surface area contributed by atoms with E-state index in [1.807, 2.05) is 38.1 Å². The van der Waals surface area contributed by atoms with E-state index in [9.17, 15) is 18.0 Å². The first kappa shape index (κ1) is 25.4. The minimum absolute atomic E-state index is 0.0275. The lowest BCUT2D eigenvalue weighted by Crippen LogP contribution is -2.70. The van der Waals surface area contributed by atoms with Crippen molar-refractivity contribution in [2.24, 2.45) is 0 Å². The second-order valence-electron chi connectivity index (χ2n) is 10.0. The van der Waals surface area contributed by atoms with Gasteiger partial charge in [-0.25, -0.2) is 8.42 Å². The van der Waals surface area contributed by atoms with Crippen LogP contribution in [0.25, 0.3) is 0 Å². The number of piperazine rings is 1. The Hall–Kier alpha value is -2.71. The molecule has 188 valence electrons. The van der Waals surface area contributed by atoms with Crippen LogP contribution in [-0.4, -0.2) is 49.2 Å². The largest absolute Gasteiger partial charge is 0.351 e. The molecule has 1 N–H and O–H groups in total. The van der Waals surface area contributed by atoms with Gasteiger partial charge in [-0.05, 0) is 57.4 Å². The fourth-order valence-electron chi connectivity index (χ4n) is 5.15. The number of para-hydroxylation sites is 1. The number of hydrogen-bond acceptors (Lipinski definition) is 4. The van der Waals surface area contributed by atoms with Crippen LogP contribution in [0.1, 0.15) is 56.6 Å². The van der Waals surface area contributed by atoms with Crippen molar-refractivity contribution in [2.75, 3.05) is 18.0 Å². The van der Waals surface area contributed by atoms with Gasteiger partial charge in [0.15, 0.2) is 0 Å². The minimum Gasteiger partial charge on any atom is -0.351 e. The molecule has 8 heteroatoms. The summed E-state index contributed by atoms with van der Waals surface area (Å²) in [6.07, 6.45) is 6.20. The second kappa shape index (κ2) is 10.1. The first-order chi connectivity index (χ1) is 16.6. The second-order valence-corrected chi connectivity index (χ2v) is 12.0. The maximum absolute atomic E-state index is 13.9. The van der Waals surface area contributed by atoms with Crippen LogP contribution in [-0.2, 0) is 19.6 Å². The van der Waals surface area contributed by atoms with Crippen molar-refractivity contribution in [1.82, 2.24) is 9.62 Å². The van der Waals surface area contributed by atoms with Crippen LogP contribution in [0.2, 0.25) is 0 Å². The van der Waals surface area contributed by atoms with E-state index in [0.717, 1.165) is 54.0 Å². The van der Waals surface area contributed by atoms with Crippen molar-refractivity contribution in [1.29, 1.82) is 0 Å². The van der Waals surface area contributed by atoms with E-state index >= 15 is 0 Å². The zero-order valence-corrected chi connectivity index (χ0v) is 21.6. The molecule has 7 nitrogen and oxygen atoms in total. The molecule has 0 unspecified atom stereocenters. The molecule has 0 bridgehead atoms. The number of aryl methyl sites for hydroxylation is 2.